The van der Waals surface area contributed by atoms with E-state index in [1.54, 1.807) is 11.3 Å². The molecular formula is C24H34N4O6S. The van der Waals surface area contributed by atoms with Crippen molar-refractivity contribution >= 4 is 29.4 Å². The highest BCUT2D eigenvalue weighted by Crippen LogP contribution is 2.19. The van der Waals surface area contributed by atoms with E-state index in [1.807, 2.05) is 23.7 Å². The molecule has 35 heavy (non-hydrogen) atoms. The molecule has 0 amide bonds. The van der Waals surface area contributed by atoms with Crippen LogP contribution in [0.5, 0.6) is 5.75 Å². The second kappa shape index (κ2) is 16.6. The molecule has 192 valence electrons. The molecule has 0 spiro atoms. The van der Waals surface area contributed by atoms with Crippen molar-refractivity contribution in [2.75, 3.05) is 57.3 Å². The number of benzene rings is 1. The number of β-amino-alcohol motifs (C(OH)–C–C–N with tert-alkyl or cyclic N) is 1. The zero-order valence-electron chi connectivity index (χ0n) is 19.7. The summed E-state index contributed by atoms with van der Waals surface area (Å²) in [6.45, 7) is 7.31. The van der Waals surface area contributed by atoms with Crippen LogP contribution in [0, 0.1) is 0 Å². The topological polar surface area (TPSA) is 127 Å². The first-order valence-corrected chi connectivity index (χ1v) is 12.3. The van der Waals surface area contributed by atoms with Gasteiger partial charge in [0.1, 0.15) is 18.5 Å². The maximum absolute atomic E-state index is 10.4. The van der Waals surface area contributed by atoms with Crippen molar-refractivity contribution in [1.29, 1.82) is 0 Å². The molecule has 11 heteroatoms. The summed E-state index contributed by atoms with van der Waals surface area (Å²) in [4.78, 5) is 28.2. The highest BCUT2D eigenvalue weighted by molar-refractivity contribution is 7.13. The molecule has 1 fully saturated rings. The van der Waals surface area contributed by atoms with E-state index in [1.165, 1.54) is 5.56 Å². The Hall–Kier alpha value is -2.99. The second-order valence-electron chi connectivity index (χ2n) is 7.92. The fraction of sp³-hybridized carbons (Fsp3) is 0.458. The highest BCUT2D eigenvalue weighted by Gasteiger charge is 2.21. The predicted molar refractivity (Wildman–Crippen MR) is 135 cm³/mol. The normalized spacial score (nSPS) is 16.8. The summed E-state index contributed by atoms with van der Waals surface area (Å²) in [6, 6.07) is 8.25. The first-order valence-electron chi connectivity index (χ1n) is 11.4. The maximum atomic E-state index is 10.4. The Morgan fingerprint density at radius 3 is 2.43 bits per heavy atom. The smallest absolute Gasteiger partial charge is 0.290 e. The standard InChI is InChI=1S/C22H30N4O2S.2CH2O2/c27-20(17-25-10-12-26(13-11-25)22-23-7-14-29-22)18-28-21-6-4-5-19(15-21)16-24-8-2-1-3-9-24;2*2-1-3/h1-2,4-7,14-15,20,27H,3,8-13,16-18H2;2*1H,(H,2,3). The van der Waals surface area contributed by atoms with Crippen LogP contribution in [0.3, 0.4) is 0 Å². The lowest BCUT2D eigenvalue weighted by Crippen LogP contribution is -2.49. The molecule has 1 atom stereocenters. The number of ether oxygens (including phenoxy) is 1. The van der Waals surface area contributed by atoms with Crippen molar-refractivity contribution in [3.63, 3.8) is 0 Å². The third-order valence-electron chi connectivity index (χ3n) is 5.42. The van der Waals surface area contributed by atoms with Gasteiger partial charge in [-0.1, -0.05) is 24.3 Å². The fourth-order valence-electron chi connectivity index (χ4n) is 3.86. The Kier molecular flexibility index (Phi) is 13.4. The number of anilines is 1. The Labute approximate surface area is 209 Å². The van der Waals surface area contributed by atoms with E-state index in [2.05, 4.69) is 44.0 Å². The first-order chi connectivity index (χ1) is 17.1. The summed E-state index contributed by atoms with van der Waals surface area (Å²) in [5, 5.41) is 27.3. The summed E-state index contributed by atoms with van der Waals surface area (Å²) in [5.74, 6) is 0.836. The number of carboxylic acid groups (broad SMARTS) is 2. The molecule has 4 rings (SSSR count). The van der Waals surface area contributed by atoms with Crippen LogP contribution in [0.15, 0.2) is 48.0 Å². The van der Waals surface area contributed by atoms with Crippen molar-refractivity contribution in [3.05, 3.63) is 53.6 Å². The summed E-state index contributed by atoms with van der Waals surface area (Å²) in [6.07, 6.45) is 6.97. The molecule has 2 aliphatic rings. The minimum atomic E-state index is -0.489. The van der Waals surface area contributed by atoms with Gasteiger partial charge in [0.05, 0.1) is 0 Å². The molecular weight excluding hydrogens is 472 g/mol. The molecule has 1 aromatic heterocycles. The average Bonchev–Trinajstić information content (AvgIpc) is 3.40. The Bertz CT molecular complexity index is 869. The number of aromatic nitrogens is 1. The number of aliphatic hydroxyl groups excluding tert-OH is 1. The van der Waals surface area contributed by atoms with Crippen LogP contribution in [-0.4, -0.2) is 102 Å². The molecule has 2 aliphatic heterocycles. The average molecular weight is 507 g/mol. The van der Waals surface area contributed by atoms with Crippen LogP contribution >= 0.6 is 11.3 Å². The predicted octanol–water partition coefficient (Wildman–Crippen LogP) is 1.87. The van der Waals surface area contributed by atoms with Gasteiger partial charge in [0.2, 0.25) is 0 Å². The SMILES string of the molecule is O=CO.O=CO.OC(COc1cccc(CN2CC=CCC2)c1)CN1CCN(c2nccs2)CC1. The summed E-state index contributed by atoms with van der Waals surface area (Å²) in [7, 11) is 0. The lowest BCUT2D eigenvalue weighted by Gasteiger charge is -2.35. The van der Waals surface area contributed by atoms with Gasteiger partial charge in [-0.15, -0.1) is 11.3 Å². The maximum Gasteiger partial charge on any atom is 0.290 e. The zero-order chi connectivity index (χ0) is 25.3. The van der Waals surface area contributed by atoms with Gasteiger partial charge in [-0.2, -0.15) is 0 Å². The van der Waals surface area contributed by atoms with E-state index >= 15 is 0 Å². The number of hydrogen-bond donors (Lipinski definition) is 3. The van der Waals surface area contributed by atoms with Crippen molar-refractivity contribution in [3.8, 4) is 5.75 Å². The quantitative estimate of drug-likeness (QED) is 0.361. The molecule has 10 nitrogen and oxygen atoms in total. The van der Waals surface area contributed by atoms with E-state index in [9.17, 15) is 5.11 Å². The fourth-order valence-corrected chi connectivity index (χ4v) is 4.56. The number of piperazine rings is 1. The molecule has 3 N–H and O–H groups in total. The van der Waals surface area contributed by atoms with Crippen molar-refractivity contribution in [2.45, 2.75) is 19.1 Å². The molecule has 0 bridgehead atoms. The van der Waals surface area contributed by atoms with E-state index < -0.39 is 6.10 Å². The number of rotatable bonds is 8. The minimum Gasteiger partial charge on any atom is -0.491 e. The Balaban J connectivity index is 0.000000655. The van der Waals surface area contributed by atoms with Gasteiger partial charge >= 0.3 is 0 Å². The van der Waals surface area contributed by atoms with Crippen LogP contribution in [-0.2, 0) is 16.1 Å². The van der Waals surface area contributed by atoms with Crippen molar-refractivity contribution < 1.29 is 29.6 Å². The Morgan fingerprint density at radius 1 is 1.06 bits per heavy atom. The first kappa shape index (κ1) is 28.2. The van der Waals surface area contributed by atoms with Gasteiger partial charge in [-0.3, -0.25) is 19.4 Å². The monoisotopic (exact) mass is 506 g/mol. The molecule has 1 saturated heterocycles. The van der Waals surface area contributed by atoms with Gasteiger partial charge < -0.3 is 25.0 Å². The molecule has 2 aromatic rings. The number of hydrogen-bond acceptors (Lipinski definition) is 9. The van der Waals surface area contributed by atoms with Crippen molar-refractivity contribution in [2.24, 2.45) is 0 Å². The van der Waals surface area contributed by atoms with Crippen LogP contribution in [0.4, 0.5) is 5.13 Å². The van der Waals surface area contributed by atoms with E-state index in [-0.39, 0.29) is 12.9 Å². The number of thiazole rings is 1. The molecule has 1 unspecified atom stereocenters. The summed E-state index contributed by atoms with van der Waals surface area (Å²) < 4.78 is 5.89. The van der Waals surface area contributed by atoms with E-state index in [0.717, 1.165) is 63.1 Å². The van der Waals surface area contributed by atoms with Gasteiger partial charge in [-0.05, 0) is 24.1 Å². The number of nitrogens with zero attached hydrogens (tertiary/aromatic N) is 4. The lowest BCUT2D eigenvalue weighted by molar-refractivity contribution is -0.123. The minimum absolute atomic E-state index is 0.250. The Morgan fingerprint density at radius 2 is 1.80 bits per heavy atom. The third kappa shape index (κ3) is 10.9. The number of carbonyl (C=O) groups is 2. The third-order valence-corrected chi connectivity index (χ3v) is 6.25. The van der Waals surface area contributed by atoms with Crippen LogP contribution in [0.1, 0.15) is 12.0 Å². The second-order valence-corrected chi connectivity index (χ2v) is 8.79. The summed E-state index contributed by atoms with van der Waals surface area (Å²) >= 11 is 1.68. The van der Waals surface area contributed by atoms with E-state index in [0.29, 0.717) is 13.2 Å². The molecule has 3 heterocycles. The summed E-state index contributed by atoms with van der Waals surface area (Å²) in [5.41, 5.74) is 1.26. The zero-order valence-corrected chi connectivity index (χ0v) is 20.5. The van der Waals surface area contributed by atoms with Crippen molar-refractivity contribution in [1.82, 2.24) is 14.8 Å². The van der Waals surface area contributed by atoms with Gasteiger partial charge in [0.15, 0.2) is 5.13 Å². The molecule has 1 aromatic carbocycles. The molecule has 0 radical (unpaired) electrons. The van der Waals surface area contributed by atoms with Gasteiger partial charge in [0.25, 0.3) is 12.9 Å². The van der Waals surface area contributed by atoms with Crippen LogP contribution in [0.2, 0.25) is 0 Å². The van der Waals surface area contributed by atoms with Crippen LogP contribution in [0.25, 0.3) is 0 Å². The van der Waals surface area contributed by atoms with Gasteiger partial charge in [-0.25, -0.2) is 4.98 Å². The molecule has 0 aliphatic carbocycles. The van der Waals surface area contributed by atoms with E-state index in [4.69, 9.17) is 24.5 Å². The largest absolute Gasteiger partial charge is 0.491 e. The highest BCUT2D eigenvalue weighted by atomic mass is 32.1. The van der Waals surface area contributed by atoms with Gasteiger partial charge in [0, 0.05) is 63.9 Å². The number of aliphatic hydroxyl groups is 1. The molecule has 0 saturated carbocycles. The lowest BCUT2D eigenvalue weighted by atomic mass is 10.1. The van der Waals surface area contributed by atoms with Crippen LogP contribution < -0.4 is 9.64 Å².